The summed E-state index contributed by atoms with van der Waals surface area (Å²) in [4.78, 5) is 4.02. The molecule has 3 aromatic rings. The molecule has 0 saturated carbocycles. The number of pyridine rings is 1. The van der Waals surface area contributed by atoms with E-state index in [9.17, 15) is 14.8 Å². The van der Waals surface area contributed by atoms with Gasteiger partial charge in [0.05, 0.1) is 16.4 Å². The summed E-state index contributed by atoms with van der Waals surface area (Å²) in [5.74, 6) is -0.604. The summed E-state index contributed by atoms with van der Waals surface area (Å²) in [5, 5.41) is 19.8. The number of aromatic nitrogens is 3. The first-order valence-corrected chi connectivity index (χ1v) is 9.35. The van der Waals surface area contributed by atoms with Crippen molar-refractivity contribution in [2.45, 2.75) is 25.8 Å². The molecule has 1 N–H and O–H groups in total. The van der Waals surface area contributed by atoms with Gasteiger partial charge in [0.15, 0.2) is 4.77 Å². The molecule has 4 rings (SSSR count). The third kappa shape index (κ3) is 3.03. The van der Waals surface area contributed by atoms with Gasteiger partial charge in [-0.3, -0.25) is 4.57 Å². The predicted molar refractivity (Wildman–Crippen MR) is 103 cm³/mol. The van der Waals surface area contributed by atoms with Crippen LogP contribution in [-0.2, 0) is 13.0 Å². The number of rotatable bonds is 3. The van der Waals surface area contributed by atoms with E-state index in [1.54, 1.807) is 12.1 Å². The number of nitriles is 1. The highest BCUT2D eigenvalue weighted by molar-refractivity contribution is 7.71. The summed E-state index contributed by atoms with van der Waals surface area (Å²) in [6, 6.07) is 7.55. The van der Waals surface area contributed by atoms with Crippen LogP contribution in [0.2, 0.25) is 5.02 Å². The third-order valence-corrected chi connectivity index (χ3v) is 5.30. The molecule has 0 fully saturated rings. The Bertz CT molecular complexity index is 1180. The van der Waals surface area contributed by atoms with E-state index in [1.165, 1.54) is 16.8 Å². The van der Waals surface area contributed by atoms with Crippen LogP contribution >= 0.6 is 23.8 Å². The molecule has 0 unspecified atom stereocenters. The Morgan fingerprint density at radius 3 is 2.93 bits per heavy atom. The Balaban J connectivity index is 1.85. The average Bonchev–Trinajstić information content (AvgIpc) is 2.95. The van der Waals surface area contributed by atoms with Crippen LogP contribution in [0.25, 0.3) is 5.69 Å². The van der Waals surface area contributed by atoms with Gasteiger partial charge in [0.25, 0.3) is 0 Å². The van der Waals surface area contributed by atoms with Crippen molar-refractivity contribution in [3.8, 4) is 29.3 Å². The van der Waals surface area contributed by atoms with Gasteiger partial charge in [-0.25, -0.2) is 9.37 Å². The molecule has 0 aliphatic carbocycles. The van der Waals surface area contributed by atoms with Gasteiger partial charge in [0.1, 0.15) is 23.2 Å². The monoisotopic (exact) mass is 416 g/mol. The summed E-state index contributed by atoms with van der Waals surface area (Å²) in [6.45, 7) is 0.673. The van der Waals surface area contributed by atoms with Crippen LogP contribution in [0.15, 0.2) is 30.5 Å². The van der Waals surface area contributed by atoms with Gasteiger partial charge in [-0.2, -0.15) is 5.26 Å². The Labute approximate surface area is 170 Å². The lowest BCUT2D eigenvalue weighted by atomic mass is 10.1. The van der Waals surface area contributed by atoms with Gasteiger partial charge in [-0.1, -0.05) is 11.6 Å². The molecule has 6 nitrogen and oxygen atoms in total. The molecule has 142 valence electrons. The molecule has 0 bridgehead atoms. The molecule has 0 amide bonds. The first-order valence-electron chi connectivity index (χ1n) is 8.57. The van der Waals surface area contributed by atoms with Gasteiger partial charge in [0, 0.05) is 18.8 Å². The average molecular weight is 417 g/mol. The smallest absolute Gasteiger partial charge is 0.237 e. The van der Waals surface area contributed by atoms with Crippen molar-refractivity contribution >= 4 is 23.8 Å². The Morgan fingerprint density at radius 2 is 2.18 bits per heavy atom. The molecule has 1 aromatic carbocycles. The van der Waals surface area contributed by atoms with E-state index in [-0.39, 0.29) is 33.8 Å². The zero-order valence-corrected chi connectivity index (χ0v) is 16.1. The first-order chi connectivity index (χ1) is 13.5. The maximum Gasteiger partial charge on any atom is 0.237 e. The molecule has 9 heteroatoms. The predicted octanol–water partition coefficient (Wildman–Crippen LogP) is 4.90. The van der Waals surface area contributed by atoms with Gasteiger partial charge >= 0.3 is 0 Å². The van der Waals surface area contributed by atoms with Crippen molar-refractivity contribution in [3.63, 3.8) is 0 Å². The molecule has 0 spiro atoms. The standard InChI is InChI=1S/C19H14ClFN4O2S/c20-12-8-13(21)15(9-16(12)27-17-11(10-22)4-3-6-23-17)25-18(26)14-5-1-2-7-24(14)19(25)28/h3-4,6,8-9,26H,1-2,5,7H2. The normalized spacial score (nSPS) is 13.0. The minimum absolute atomic E-state index is 0.00535. The minimum Gasteiger partial charge on any atom is -0.493 e. The van der Waals surface area contributed by atoms with Gasteiger partial charge in [-0.05, 0) is 49.7 Å². The topological polar surface area (TPSA) is 76.0 Å². The van der Waals surface area contributed by atoms with E-state index in [4.69, 9.17) is 28.6 Å². The van der Waals surface area contributed by atoms with Crippen LogP contribution in [0.5, 0.6) is 17.5 Å². The quantitative estimate of drug-likeness (QED) is 0.614. The van der Waals surface area contributed by atoms with Crippen LogP contribution in [0.3, 0.4) is 0 Å². The van der Waals surface area contributed by atoms with E-state index < -0.39 is 5.82 Å². The van der Waals surface area contributed by atoms with Crippen molar-refractivity contribution < 1.29 is 14.2 Å². The number of fused-ring (bicyclic) bond motifs is 1. The van der Waals surface area contributed by atoms with E-state index >= 15 is 0 Å². The number of hydrogen-bond donors (Lipinski definition) is 1. The van der Waals surface area contributed by atoms with Gasteiger partial charge in [-0.15, -0.1) is 0 Å². The van der Waals surface area contributed by atoms with E-state index in [1.807, 2.05) is 10.6 Å². The minimum atomic E-state index is -0.659. The first kappa shape index (κ1) is 18.5. The molecule has 1 aliphatic heterocycles. The van der Waals surface area contributed by atoms with Crippen LogP contribution in [-0.4, -0.2) is 19.2 Å². The summed E-state index contributed by atoms with van der Waals surface area (Å²) >= 11 is 11.6. The highest BCUT2D eigenvalue weighted by Crippen LogP contribution is 2.37. The number of hydrogen-bond acceptors (Lipinski definition) is 5. The third-order valence-electron chi connectivity index (χ3n) is 4.60. The van der Waals surface area contributed by atoms with Crippen LogP contribution in [0.4, 0.5) is 4.39 Å². The maximum atomic E-state index is 14.7. The Kier molecular flexibility index (Phi) is 4.79. The van der Waals surface area contributed by atoms with Crippen molar-refractivity contribution in [2.24, 2.45) is 0 Å². The van der Waals surface area contributed by atoms with Crippen LogP contribution in [0.1, 0.15) is 24.1 Å². The molecular formula is C19H14ClFN4O2S. The summed E-state index contributed by atoms with van der Waals surface area (Å²) in [6.07, 6.45) is 4.01. The fourth-order valence-electron chi connectivity index (χ4n) is 3.26. The van der Waals surface area contributed by atoms with Crippen molar-refractivity contribution in [1.29, 1.82) is 5.26 Å². The molecule has 0 saturated heterocycles. The van der Waals surface area contributed by atoms with Crippen LogP contribution in [0, 0.1) is 21.9 Å². The number of ether oxygens (including phenoxy) is 1. The lowest BCUT2D eigenvalue weighted by molar-refractivity contribution is 0.423. The fraction of sp³-hybridized carbons (Fsp3) is 0.211. The molecule has 2 aromatic heterocycles. The molecular weight excluding hydrogens is 403 g/mol. The van der Waals surface area contributed by atoms with E-state index in [0.29, 0.717) is 23.4 Å². The number of halogens is 2. The van der Waals surface area contributed by atoms with E-state index in [0.717, 1.165) is 18.9 Å². The lowest BCUT2D eigenvalue weighted by Crippen LogP contribution is -2.09. The van der Waals surface area contributed by atoms with Gasteiger partial charge < -0.3 is 14.4 Å². The molecule has 3 heterocycles. The molecule has 28 heavy (non-hydrogen) atoms. The lowest BCUT2D eigenvalue weighted by Gasteiger charge is -2.12. The number of benzene rings is 1. The maximum absolute atomic E-state index is 14.7. The van der Waals surface area contributed by atoms with Crippen molar-refractivity contribution in [1.82, 2.24) is 14.1 Å². The fourth-order valence-corrected chi connectivity index (χ4v) is 3.84. The summed E-state index contributed by atoms with van der Waals surface area (Å²) in [5.41, 5.74) is 0.908. The summed E-state index contributed by atoms with van der Waals surface area (Å²) < 4.78 is 23.8. The summed E-state index contributed by atoms with van der Waals surface area (Å²) in [7, 11) is 0. The zero-order chi connectivity index (χ0) is 19.8. The SMILES string of the molecule is N#Cc1cccnc1Oc1cc(-n2c(O)c3n(c2=S)CCCC3)c(F)cc1Cl. The molecule has 0 atom stereocenters. The Hall–Kier alpha value is -2.89. The largest absolute Gasteiger partial charge is 0.493 e. The molecule has 1 aliphatic rings. The second-order valence-electron chi connectivity index (χ2n) is 6.30. The van der Waals surface area contributed by atoms with Crippen LogP contribution < -0.4 is 4.74 Å². The van der Waals surface area contributed by atoms with Gasteiger partial charge in [0.2, 0.25) is 11.8 Å². The number of imidazole rings is 1. The highest BCUT2D eigenvalue weighted by atomic mass is 35.5. The zero-order valence-electron chi connectivity index (χ0n) is 14.5. The Morgan fingerprint density at radius 1 is 1.36 bits per heavy atom. The number of aromatic hydroxyl groups is 1. The van der Waals surface area contributed by atoms with E-state index in [2.05, 4.69) is 4.98 Å². The van der Waals surface area contributed by atoms with Crippen molar-refractivity contribution in [2.75, 3.05) is 0 Å². The second kappa shape index (κ2) is 7.26. The number of nitrogens with zero attached hydrogens (tertiary/aromatic N) is 4. The molecule has 0 radical (unpaired) electrons. The highest BCUT2D eigenvalue weighted by Gasteiger charge is 2.23. The van der Waals surface area contributed by atoms with Crippen molar-refractivity contribution in [3.05, 3.63) is 57.3 Å². The second-order valence-corrected chi connectivity index (χ2v) is 7.07.